The first-order valence-corrected chi connectivity index (χ1v) is 5.27. The van der Waals surface area contributed by atoms with Crippen molar-refractivity contribution in [3.8, 4) is 5.75 Å². The first kappa shape index (κ1) is 9.81. The Balaban J connectivity index is 2.10. The first-order chi connectivity index (χ1) is 6.75. The lowest BCUT2D eigenvalue weighted by Gasteiger charge is -2.14. The topological polar surface area (TPSA) is 21.3 Å². The van der Waals surface area contributed by atoms with Gasteiger partial charge in [0.15, 0.2) is 0 Å². The Morgan fingerprint density at radius 1 is 1.50 bits per heavy atom. The van der Waals surface area contributed by atoms with Crippen molar-refractivity contribution in [2.75, 3.05) is 13.1 Å². The van der Waals surface area contributed by atoms with Crippen LogP contribution < -0.4 is 10.1 Å². The highest BCUT2D eigenvalue weighted by atomic mass is 35.5. The third-order valence-electron chi connectivity index (χ3n) is 2.46. The lowest BCUT2D eigenvalue weighted by molar-refractivity contribution is 0.221. The van der Waals surface area contributed by atoms with E-state index in [4.69, 9.17) is 16.3 Å². The standard InChI is InChI=1S/C11H14ClNO/c1-8-2-3-9(12)6-11(8)14-10-4-5-13-7-10/h2-3,6,10,13H,4-5,7H2,1H3/t10-/m1/s1. The smallest absolute Gasteiger partial charge is 0.124 e. The van der Waals surface area contributed by atoms with Crippen LogP contribution in [0.3, 0.4) is 0 Å². The van der Waals surface area contributed by atoms with Crippen LogP contribution in [0.15, 0.2) is 18.2 Å². The van der Waals surface area contributed by atoms with Gasteiger partial charge in [-0.3, -0.25) is 0 Å². The highest BCUT2D eigenvalue weighted by Gasteiger charge is 2.16. The van der Waals surface area contributed by atoms with Gasteiger partial charge in [0.05, 0.1) is 0 Å². The Hall–Kier alpha value is -0.730. The summed E-state index contributed by atoms with van der Waals surface area (Å²) in [5, 5.41) is 4.00. The van der Waals surface area contributed by atoms with E-state index in [2.05, 4.69) is 5.32 Å². The Morgan fingerprint density at radius 2 is 2.36 bits per heavy atom. The Bertz CT molecular complexity index is 321. The predicted octanol–water partition coefficient (Wildman–Crippen LogP) is 2.39. The molecule has 1 aromatic carbocycles. The second-order valence-electron chi connectivity index (χ2n) is 3.64. The summed E-state index contributed by atoms with van der Waals surface area (Å²) >= 11 is 5.91. The van der Waals surface area contributed by atoms with Gasteiger partial charge in [0.25, 0.3) is 0 Å². The minimum absolute atomic E-state index is 0.298. The number of ether oxygens (including phenoxy) is 1. The zero-order chi connectivity index (χ0) is 9.97. The fourth-order valence-electron chi connectivity index (χ4n) is 1.61. The molecule has 76 valence electrons. The molecule has 2 nitrogen and oxygen atoms in total. The quantitative estimate of drug-likeness (QED) is 0.811. The minimum Gasteiger partial charge on any atom is -0.489 e. The lowest BCUT2D eigenvalue weighted by atomic mass is 10.2. The molecule has 0 amide bonds. The highest BCUT2D eigenvalue weighted by molar-refractivity contribution is 6.30. The van der Waals surface area contributed by atoms with Crippen molar-refractivity contribution in [1.82, 2.24) is 5.32 Å². The van der Waals surface area contributed by atoms with Gasteiger partial charge in [0.2, 0.25) is 0 Å². The largest absolute Gasteiger partial charge is 0.489 e. The molecule has 14 heavy (non-hydrogen) atoms. The van der Waals surface area contributed by atoms with Gasteiger partial charge in [0, 0.05) is 11.6 Å². The summed E-state index contributed by atoms with van der Waals surface area (Å²) in [6.45, 7) is 4.02. The monoisotopic (exact) mass is 211 g/mol. The van der Waals surface area contributed by atoms with Crippen LogP contribution in [-0.4, -0.2) is 19.2 Å². The van der Waals surface area contributed by atoms with E-state index >= 15 is 0 Å². The Morgan fingerprint density at radius 3 is 3.07 bits per heavy atom. The van der Waals surface area contributed by atoms with Crippen molar-refractivity contribution < 1.29 is 4.74 Å². The molecule has 0 aromatic heterocycles. The summed E-state index contributed by atoms with van der Waals surface area (Å²) in [6, 6.07) is 5.76. The second-order valence-corrected chi connectivity index (χ2v) is 4.08. The number of halogens is 1. The van der Waals surface area contributed by atoms with Crippen LogP contribution in [0.5, 0.6) is 5.75 Å². The number of aryl methyl sites for hydroxylation is 1. The number of benzene rings is 1. The van der Waals surface area contributed by atoms with Gasteiger partial charge < -0.3 is 10.1 Å². The van der Waals surface area contributed by atoms with Crippen LogP contribution in [0.4, 0.5) is 0 Å². The van der Waals surface area contributed by atoms with E-state index in [-0.39, 0.29) is 0 Å². The van der Waals surface area contributed by atoms with E-state index in [0.29, 0.717) is 6.10 Å². The van der Waals surface area contributed by atoms with Crippen LogP contribution >= 0.6 is 11.6 Å². The number of nitrogens with one attached hydrogen (secondary N) is 1. The van der Waals surface area contributed by atoms with Crippen molar-refractivity contribution in [3.63, 3.8) is 0 Å². The van der Waals surface area contributed by atoms with Crippen molar-refractivity contribution in [2.45, 2.75) is 19.4 Å². The molecule has 1 fully saturated rings. The fraction of sp³-hybridized carbons (Fsp3) is 0.455. The summed E-state index contributed by atoms with van der Waals surface area (Å²) in [4.78, 5) is 0. The summed E-state index contributed by atoms with van der Waals surface area (Å²) in [7, 11) is 0. The van der Waals surface area contributed by atoms with E-state index in [1.165, 1.54) is 0 Å². The van der Waals surface area contributed by atoms with E-state index in [1.807, 2.05) is 25.1 Å². The van der Waals surface area contributed by atoms with Crippen LogP contribution in [0.1, 0.15) is 12.0 Å². The molecular weight excluding hydrogens is 198 g/mol. The van der Waals surface area contributed by atoms with Gasteiger partial charge in [-0.15, -0.1) is 0 Å². The van der Waals surface area contributed by atoms with Crippen LogP contribution in [0, 0.1) is 6.92 Å². The second kappa shape index (κ2) is 4.20. The molecule has 0 saturated carbocycles. The van der Waals surface area contributed by atoms with Crippen LogP contribution in [-0.2, 0) is 0 Å². The third-order valence-corrected chi connectivity index (χ3v) is 2.69. The normalized spacial score (nSPS) is 21.1. The molecule has 1 saturated heterocycles. The van der Waals surface area contributed by atoms with Gasteiger partial charge in [-0.1, -0.05) is 17.7 Å². The summed E-state index contributed by atoms with van der Waals surface area (Å²) < 4.78 is 5.84. The molecule has 0 unspecified atom stereocenters. The van der Waals surface area contributed by atoms with Gasteiger partial charge in [-0.2, -0.15) is 0 Å². The average Bonchev–Trinajstić information content (AvgIpc) is 2.64. The maximum absolute atomic E-state index is 5.91. The Kier molecular flexibility index (Phi) is 2.94. The SMILES string of the molecule is Cc1ccc(Cl)cc1O[C@@H]1CCNC1. The third kappa shape index (κ3) is 2.20. The minimum atomic E-state index is 0.298. The molecule has 0 bridgehead atoms. The number of rotatable bonds is 2. The van der Waals surface area contributed by atoms with Crippen molar-refractivity contribution in [2.24, 2.45) is 0 Å². The number of hydrogen-bond acceptors (Lipinski definition) is 2. The average molecular weight is 212 g/mol. The molecule has 0 radical (unpaired) electrons. The number of hydrogen-bond donors (Lipinski definition) is 1. The van der Waals surface area contributed by atoms with Crippen molar-refractivity contribution in [1.29, 1.82) is 0 Å². The van der Waals surface area contributed by atoms with E-state index in [1.54, 1.807) is 0 Å². The molecule has 2 rings (SSSR count). The van der Waals surface area contributed by atoms with Crippen molar-refractivity contribution in [3.05, 3.63) is 28.8 Å². The van der Waals surface area contributed by atoms with Crippen LogP contribution in [0.2, 0.25) is 5.02 Å². The predicted molar refractivity (Wildman–Crippen MR) is 58.1 cm³/mol. The highest BCUT2D eigenvalue weighted by Crippen LogP contribution is 2.24. The van der Waals surface area contributed by atoms with Crippen molar-refractivity contribution >= 4 is 11.6 Å². The van der Waals surface area contributed by atoms with Gasteiger partial charge >= 0.3 is 0 Å². The molecule has 0 spiro atoms. The zero-order valence-electron chi connectivity index (χ0n) is 8.22. The zero-order valence-corrected chi connectivity index (χ0v) is 8.97. The molecule has 1 aromatic rings. The summed E-state index contributed by atoms with van der Waals surface area (Å²) in [5.41, 5.74) is 1.14. The maximum Gasteiger partial charge on any atom is 0.124 e. The van der Waals surface area contributed by atoms with Crippen LogP contribution in [0.25, 0.3) is 0 Å². The molecule has 3 heteroatoms. The lowest BCUT2D eigenvalue weighted by Crippen LogP contribution is -2.19. The molecule has 0 aliphatic carbocycles. The molecule has 1 heterocycles. The summed E-state index contributed by atoms with van der Waals surface area (Å²) in [5.74, 6) is 0.909. The van der Waals surface area contributed by atoms with E-state index in [9.17, 15) is 0 Å². The van der Waals surface area contributed by atoms with Gasteiger partial charge in [0.1, 0.15) is 11.9 Å². The van der Waals surface area contributed by atoms with E-state index < -0.39 is 0 Å². The molecule has 1 aliphatic heterocycles. The Labute approximate surface area is 89.2 Å². The first-order valence-electron chi connectivity index (χ1n) is 4.89. The van der Waals surface area contributed by atoms with Gasteiger partial charge in [-0.25, -0.2) is 0 Å². The molecule has 1 N–H and O–H groups in total. The van der Waals surface area contributed by atoms with Gasteiger partial charge in [-0.05, 0) is 37.6 Å². The maximum atomic E-state index is 5.91. The molecule has 1 aliphatic rings. The molecule has 1 atom stereocenters. The fourth-order valence-corrected chi connectivity index (χ4v) is 1.77. The summed E-state index contributed by atoms with van der Waals surface area (Å²) in [6.07, 6.45) is 1.37. The van der Waals surface area contributed by atoms with E-state index in [0.717, 1.165) is 35.8 Å². The molecular formula is C11H14ClNO.